The minimum absolute atomic E-state index is 0.175. The third-order valence-corrected chi connectivity index (χ3v) is 5.29. The van der Waals surface area contributed by atoms with Crippen molar-refractivity contribution in [2.75, 3.05) is 6.61 Å². The monoisotopic (exact) mass is 424 g/mol. The average Bonchev–Trinajstić information content (AvgIpc) is 2.75. The number of esters is 1. The molecule has 0 aromatic carbocycles. The Morgan fingerprint density at radius 3 is 1.77 bits per heavy atom. The van der Waals surface area contributed by atoms with Gasteiger partial charge in [0.05, 0.1) is 6.61 Å². The van der Waals surface area contributed by atoms with Crippen molar-refractivity contribution in [3.63, 3.8) is 0 Å². The van der Waals surface area contributed by atoms with E-state index in [9.17, 15) is 9.59 Å². The SMILES string of the molecule is C=C(CCCCCCCCCCCC)C(=O)OCC(CC)CCCC.C=CC(=O)O. The second kappa shape index (κ2) is 23.7. The highest BCUT2D eigenvalue weighted by atomic mass is 16.5. The van der Waals surface area contributed by atoms with Gasteiger partial charge >= 0.3 is 11.9 Å². The number of rotatable bonds is 19. The number of carboxylic acid groups (broad SMARTS) is 1. The van der Waals surface area contributed by atoms with Gasteiger partial charge in [0.15, 0.2) is 0 Å². The van der Waals surface area contributed by atoms with E-state index in [1.165, 1.54) is 70.6 Å². The Morgan fingerprint density at radius 1 is 0.867 bits per heavy atom. The van der Waals surface area contributed by atoms with Crippen LogP contribution < -0.4 is 0 Å². The highest BCUT2D eigenvalue weighted by Gasteiger charge is 2.12. The average molecular weight is 425 g/mol. The van der Waals surface area contributed by atoms with Gasteiger partial charge in [-0.2, -0.15) is 0 Å². The summed E-state index contributed by atoms with van der Waals surface area (Å²) < 4.78 is 5.46. The standard InChI is InChI=1S/C23H44O2.C3H4O2/c1-5-8-10-11-12-13-14-15-16-17-18-21(4)23(24)25-20-22(7-3)19-9-6-2;1-2-3(4)5/h22H,4-20H2,1-3H3;2H,1H2,(H,4,5). The first kappa shape index (κ1) is 30.6. The Bertz CT molecular complexity index is 442. The minimum atomic E-state index is -0.981. The second-order valence-corrected chi connectivity index (χ2v) is 8.09. The molecule has 0 aliphatic heterocycles. The zero-order chi connectivity index (χ0) is 23.0. The Balaban J connectivity index is 0. The van der Waals surface area contributed by atoms with E-state index in [1.54, 1.807) is 0 Å². The number of carbonyl (C=O) groups excluding carboxylic acids is 1. The zero-order valence-electron chi connectivity index (χ0n) is 20.1. The fraction of sp³-hybridized carbons (Fsp3) is 0.769. The Kier molecular flexibility index (Phi) is 24.2. The van der Waals surface area contributed by atoms with E-state index in [0.717, 1.165) is 31.8 Å². The van der Waals surface area contributed by atoms with E-state index in [2.05, 4.69) is 33.9 Å². The first-order valence-electron chi connectivity index (χ1n) is 12.1. The molecule has 0 spiro atoms. The molecule has 0 aromatic heterocycles. The number of aliphatic carboxylic acids is 1. The summed E-state index contributed by atoms with van der Waals surface area (Å²) in [5.74, 6) is -0.648. The lowest BCUT2D eigenvalue weighted by Gasteiger charge is -2.15. The minimum Gasteiger partial charge on any atom is -0.478 e. The number of hydrogen-bond acceptors (Lipinski definition) is 3. The highest BCUT2D eigenvalue weighted by molar-refractivity contribution is 5.87. The van der Waals surface area contributed by atoms with Crippen molar-refractivity contribution < 1.29 is 19.4 Å². The van der Waals surface area contributed by atoms with Crippen LogP contribution in [0.25, 0.3) is 0 Å². The quantitative estimate of drug-likeness (QED) is 0.130. The molecule has 0 saturated heterocycles. The third-order valence-electron chi connectivity index (χ3n) is 5.29. The van der Waals surface area contributed by atoms with Crippen LogP contribution in [0.4, 0.5) is 0 Å². The number of unbranched alkanes of at least 4 members (excludes halogenated alkanes) is 10. The zero-order valence-corrected chi connectivity index (χ0v) is 20.1. The van der Waals surface area contributed by atoms with Gasteiger partial charge < -0.3 is 9.84 Å². The van der Waals surface area contributed by atoms with E-state index < -0.39 is 5.97 Å². The van der Waals surface area contributed by atoms with Crippen molar-refractivity contribution in [1.82, 2.24) is 0 Å². The van der Waals surface area contributed by atoms with Gasteiger partial charge in [0, 0.05) is 11.6 Å². The number of hydrogen-bond donors (Lipinski definition) is 1. The fourth-order valence-corrected chi connectivity index (χ4v) is 3.12. The van der Waals surface area contributed by atoms with Crippen LogP contribution >= 0.6 is 0 Å². The van der Waals surface area contributed by atoms with E-state index in [-0.39, 0.29) is 5.97 Å². The van der Waals surface area contributed by atoms with Crippen LogP contribution in [0, 0.1) is 5.92 Å². The van der Waals surface area contributed by atoms with E-state index in [4.69, 9.17) is 9.84 Å². The van der Waals surface area contributed by atoms with E-state index >= 15 is 0 Å². The van der Waals surface area contributed by atoms with Crippen LogP contribution in [0.2, 0.25) is 0 Å². The normalized spacial score (nSPS) is 11.2. The first-order valence-corrected chi connectivity index (χ1v) is 12.1. The largest absolute Gasteiger partial charge is 0.478 e. The lowest BCUT2D eigenvalue weighted by Crippen LogP contribution is -2.15. The molecule has 0 aliphatic carbocycles. The van der Waals surface area contributed by atoms with Gasteiger partial charge in [0.2, 0.25) is 0 Å². The summed E-state index contributed by atoms with van der Waals surface area (Å²) in [7, 11) is 0. The van der Waals surface area contributed by atoms with Crippen LogP contribution in [0.15, 0.2) is 24.8 Å². The predicted molar refractivity (Wildman–Crippen MR) is 128 cm³/mol. The van der Waals surface area contributed by atoms with Crippen molar-refractivity contribution in [1.29, 1.82) is 0 Å². The van der Waals surface area contributed by atoms with Crippen LogP contribution in [0.3, 0.4) is 0 Å². The number of ether oxygens (including phenoxy) is 1. The van der Waals surface area contributed by atoms with Crippen molar-refractivity contribution >= 4 is 11.9 Å². The van der Waals surface area contributed by atoms with Gasteiger partial charge in [0.25, 0.3) is 0 Å². The summed E-state index contributed by atoms with van der Waals surface area (Å²) in [5, 5.41) is 7.60. The Labute approximate surface area is 186 Å². The molecule has 176 valence electrons. The molecule has 0 saturated carbocycles. The molecular formula is C26H48O4. The molecule has 30 heavy (non-hydrogen) atoms. The van der Waals surface area contributed by atoms with Crippen LogP contribution in [0.5, 0.6) is 0 Å². The van der Waals surface area contributed by atoms with Crippen molar-refractivity contribution in [3.8, 4) is 0 Å². The van der Waals surface area contributed by atoms with Gasteiger partial charge in [0.1, 0.15) is 0 Å². The van der Waals surface area contributed by atoms with Gasteiger partial charge in [-0.25, -0.2) is 9.59 Å². The van der Waals surface area contributed by atoms with Crippen LogP contribution in [0.1, 0.15) is 117 Å². The molecular weight excluding hydrogens is 376 g/mol. The molecule has 4 nitrogen and oxygen atoms in total. The van der Waals surface area contributed by atoms with Crippen LogP contribution in [-0.2, 0) is 14.3 Å². The summed E-state index contributed by atoms with van der Waals surface area (Å²) in [6.45, 7) is 14.1. The van der Waals surface area contributed by atoms with Gasteiger partial charge in [-0.1, -0.05) is 111 Å². The topological polar surface area (TPSA) is 63.6 Å². The second-order valence-electron chi connectivity index (χ2n) is 8.09. The van der Waals surface area contributed by atoms with E-state index in [0.29, 0.717) is 18.1 Å². The Hall–Kier alpha value is -1.58. The molecule has 0 bridgehead atoms. The highest BCUT2D eigenvalue weighted by Crippen LogP contribution is 2.16. The summed E-state index contributed by atoms with van der Waals surface area (Å²) in [6, 6.07) is 0. The van der Waals surface area contributed by atoms with Crippen LogP contribution in [-0.4, -0.2) is 23.7 Å². The Morgan fingerprint density at radius 2 is 1.33 bits per heavy atom. The molecule has 0 heterocycles. The fourth-order valence-electron chi connectivity index (χ4n) is 3.12. The molecule has 0 amide bonds. The smallest absolute Gasteiger partial charge is 0.333 e. The van der Waals surface area contributed by atoms with Crippen molar-refractivity contribution in [2.45, 2.75) is 117 Å². The van der Waals surface area contributed by atoms with E-state index in [1.807, 2.05) is 0 Å². The lowest BCUT2D eigenvalue weighted by molar-refractivity contribution is -0.140. The molecule has 0 aromatic rings. The van der Waals surface area contributed by atoms with Gasteiger partial charge in [-0.05, 0) is 25.2 Å². The molecule has 0 aliphatic rings. The molecule has 0 radical (unpaired) electrons. The third kappa shape index (κ3) is 22.7. The summed E-state index contributed by atoms with van der Waals surface area (Å²) in [4.78, 5) is 21.3. The maximum atomic E-state index is 12.0. The van der Waals surface area contributed by atoms with Crippen molar-refractivity contribution in [3.05, 3.63) is 24.8 Å². The first-order chi connectivity index (χ1) is 14.4. The summed E-state index contributed by atoms with van der Waals surface area (Å²) >= 11 is 0. The molecule has 1 atom stereocenters. The summed E-state index contributed by atoms with van der Waals surface area (Å²) in [6.07, 6.45) is 19.4. The molecule has 1 unspecified atom stereocenters. The summed E-state index contributed by atoms with van der Waals surface area (Å²) in [5.41, 5.74) is 0.657. The van der Waals surface area contributed by atoms with Crippen molar-refractivity contribution in [2.24, 2.45) is 5.92 Å². The number of carbonyl (C=O) groups is 2. The lowest BCUT2D eigenvalue weighted by atomic mass is 10.0. The molecule has 0 fully saturated rings. The molecule has 4 heteroatoms. The van der Waals surface area contributed by atoms with Gasteiger partial charge in [-0.15, -0.1) is 0 Å². The maximum absolute atomic E-state index is 12.0. The molecule has 1 N–H and O–H groups in total. The maximum Gasteiger partial charge on any atom is 0.333 e. The predicted octanol–water partition coefficient (Wildman–Crippen LogP) is 7.87. The molecule has 0 rings (SSSR count). The van der Waals surface area contributed by atoms with Gasteiger partial charge in [-0.3, -0.25) is 0 Å². The number of carboxylic acids is 1.